The molecule has 96 valence electrons. The second-order valence-electron chi connectivity index (χ2n) is 4.16. The molecule has 3 nitrogen and oxygen atoms in total. The standard InChI is InChI=1S/C15H13FN2O/c1-10-2-4-13(16)7-15(10)19-14-5-3-11(8-17)6-12(14)9-18/h2-7H,8,17H2,1H3. The average Bonchev–Trinajstić information content (AvgIpc) is 2.43. The summed E-state index contributed by atoms with van der Waals surface area (Å²) in [6, 6.07) is 11.5. The molecule has 19 heavy (non-hydrogen) atoms. The van der Waals surface area contributed by atoms with Gasteiger partial charge in [0.2, 0.25) is 0 Å². The maximum Gasteiger partial charge on any atom is 0.145 e. The molecule has 2 aromatic rings. The van der Waals surface area contributed by atoms with Gasteiger partial charge in [-0.1, -0.05) is 12.1 Å². The Bertz CT molecular complexity index is 647. The van der Waals surface area contributed by atoms with E-state index < -0.39 is 0 Å². The molecule has 0 spiro atoms. The highest BCUT2D eigenvalue weighted by atomic mass is 19.1. The lowest BCUT2D eigenvalue weighted by atomic mass is 10.1. The first-order valence-corrected chi connectivity index (χ1v) is 5.81. The summed E-state index contributed by atoms with van der Waals surface area (Å²) in [4.78, 5) is 0. The van der Waals surface area contributed by atoms with Crippen LogP contribution in [0.4, 0.5) is 4.39 Å². The molecular formula is C15H13FN2O. The van der Waals surface area contributed by atoms with Crippen molar-refractivity contribution in [2.75, 3.05) is 0 Å². The topological polar surface area (TPSA) is 59.0 Å². The fourth-order valence-corrected chi connectivity index (χ4v) is 1.68. The molecular weight excluding hydrogens is 243 g/mol. The number of hydrogen-bond acceptors (Lipinski definition) is 3. The fraction of sp³-hybridized carbons (Fsp3) is 0.133. The Labute approximate surface area is 111 Å². The van der Waals surface area contributed by atoms with Gasteiger partial charge in [0.05, 0.1) is 5.56 Å². The van der Waals surface area contributed by atoms with Gasteiger partial charge in [0.1, 0.15) is 23.4 Å². The summed E-state index contributed by atoms with van der Waals surface area (Å²) in [5, 5.41) is 9.10. The number of ether oxygens (including phenoxy) is 1. The van der Waals surface area contributed by atoms with Crippen LogP contribution in [0, 0.1) is 24.1 Å². The monoisotopic (exact) mass is 256 g/mol. The third-order valence-corrected chi connectivity index (χ3v) is 2.77. The lowest BCUT2D eigenvalue weighted by Crippen LogP contribution is -1.98. The van der Waals surface area contributed by atoms with Crippen LogP contribution in [-0.4, -0.2) is 0 Å². The zero-order valence-electron chi connectivity index (χ0n) is 10.5. The molecule has 2 N–H and O–H groups in total. The number of hydrogen-bond donors (Lipinski definition) is 1. The van der Waals surface area contributed by atoms with E-state index >= 15 is 0 Å². The Morgan fingerprint density at radius 1 is 1.21 bits per heavy atom. The lowest BCUT2D eigenvalue weighted by molar-refractivity contribution is 0.471. The van der Waals surface area contributed by atoms with E-state index in [0.29, 0.717) is 23.6 Å². The minimum absolute atomic E-state index is 0.355. The Kier molecular flexibility index (Phi) is 3.79. The molecule has 2 aromatic carbocycles. The maximum atomic E-state index is 13.2. The Hall–Kier alpha value is -2.38. The molecule has 0 radical (unpaired) electrons. The summed E-state index contributed by atoms with van der Waals surface area (Å²) in [6.07, 6.45) is 0. The maximum absolute atomic E-state index is 13.2. The van der Waals surface area contributed by atoms with Gasteiger partial charge in [0, 0.05) is 12.6 Å². The van der Waals surface area contributed by atoms with Crippen LogP contribution < -0.4 is 10.5 Å². The molecule has 0 amide bonds. The number of nitrogens with zero attached hydrogens (tertiary/aromatic N) is 1. The first-order valence-electron chi connectivity index (χ1n) is 5.81. The van der Waals surface area contributed by atoms with Crippen molar-refractivity contribution in [3.05, 3.63) is 58.9 Å². The highest BCUT2D eigenvalue weighted by Crippen LogP contribution is 2.28. The largest absolute Gasteiger partial charge is 0.456 e. The molecule has 0 aliphatic carbocycles. The van der Waals surface area contributed by atoms with E-state index in [9.17, 15) is 4.39 Å². The highest BCUT2D eigenvalue weighted by molar-refractivity contribution is 5.48. The quantitative estimate of drug-likeness (QED) is 0.916. The molecule has 0 aliphatic heterocycles. The average molecular weight is 256 g/mol. The first kappa shape index (κ1) is 13.1. The van der Waals surface area contributed by atoms with Crippen molar-refractivity contribution < 1.29 is 9.13 Å². The second-order valence-corrected chi connectivity index (χ2v) is 4.16. The van der Waals surface area contributed by atoms with Crippen molar-refractivity contribution in [1.29, 1.82) is 5.26 Å². The number of halogens is 1. The molecule has 0 fully saturated rings. The molecule has 0 aromatic heterocycles. The molecule has 0 bridgehead atoms. The smallest absolute Gasteiger partial charge is 0.145 e. The van der Waals surface area contributed by atoms with Crippen LogP contribution in [0.1, 0.15) is 16.7 Å². The Morgan fingerprint density at radius 3 is 2.68 bits per heavy atom. The van der Waals surface area contributed by atoms with Crippen molar-refractivity contribution in [2.45, 2.75) is 13.5 Å². The van der Waals surface area contributed by atoms with Gasteiger partial charge in [-0.05, 0) is 36.2 Å². The molecule has 4 heteroatoms. The van der Waals surface area contributed by atoms with E-state index in [2.05, 4.69) is 6.07 Å². The molecule has 0 aliphatic rings. The van der Waals surface area contributed by atoms with Gasteiger partial charge in [-0.2, -0.15) is 5.26 Å². The van der Waals surface area contributed by atoms with E-state index in [4.69, 9.17) is 15.7 Å². The van der Waals surface area contributed by atoms with Crippen molar-refractivity contribution in [3.63, 3.8) is 0 Å². The summed E-state index contributed by atoms with van der Waals surface area (Å²) in [5.74, 6) is 0.420. The van der Waals surface area contributed by atoms with Gasteiger partial charge in [-0.15, -0.1) is 0 Å². The van der Waals surface area contributed by atoms with Gasteiger partial charge in [-0.25, -0.2) is 4.39 Å². The van der Waals surface area contributed by atoms with E-state index in [0.717, 1.165) is 11.1 Å². The third kappa shape index (κ3) is 2.90. The summed E-state index contributed by atoms with van der Waals surface area (Å²) in [5.41, 5.74) is 7.55. The van der Waals surface area contributed by atoms with E-state index in [1.807, 2.05) is 6.92 Å². The van der Waals surface area contributed by atoms with Crippen LogP contribution >= 0.6 is 0 Å². The normalized spacial score (nSPS) is 10.0. The van der Waals surface area contributed by atoms with E-state index in [1.54, 1.807) is 24.3 Å². The van der Waals surface area contributed by atoms with Crippen LogP contribution in [-0.2, 0) is 6.54 Å². The van der Waals surface area contributed by atoms with E-state index in [1.165, 1.54) is 12.1 Å². The number of rotatable bonds is 3. The number of aryl methyl sites for hydroxylation is 1. The lowest BCUT2D eigenvalue weighted by Gasteiger charge is -2.10. The predicted octanol–water partition coefficient (Wildman–Crippen LogP) is 3.26. The minimum Gasteiger partial charge on any atom is -0.456 e. The summed E-state index contributed by atoms with van der Waals surface area (Å²) < 4.78 is 18.8. The third-order valence-electron chi connectivity index (χ3n) is 2.77. The number of nitrogens with two attached hydrogens (primary N) is 1. The van der Waals surface area contributed by atoms with Crippen LogP contribution in [0.15, 0.2) is 36.4 Å². The second kappa shape index (κ2) is 5.51. The number of nitriles is 1. The van der Waals surface area contributed by atoms with Gasteiger partial charge in [0.25, 0.3) is 0 Å². The molecule has 0 unspecified atom stereocenters. The fourth-order valence-electron chi connectivity index (χ4n) is 1.68. The minimum atomic E-state index is -0.377. The van der Waals surface area contributed by atoms with Crippen molar-refractivity contribution in [1.82, 2.24) is 0 Å². The van der Waals surface area contributed by atoms with Crippen molar-refractivity contribution >= 4 is 0 Å². The van der Waals surface area contributed by atoms with Gasteiger partial charge in [-0.3, -0.25) is 0 Å². The molecule has 2 rings (SSSR count). The molecule has 0 saturated carbocycles. The predicted molar refractivity (Wildman–Crippen MR) is 70.3 cm³/mol. The van der Waals surface area contributed by atoms with Crippen LogP contribution in [0.3, 0.4) is 0 Å². The van der Waals surface area contributed by atoms with Crippen LogP contribution in [0.2, 0.25) is 0 Å². The zero-order chi connectivity index (χ0) is 13.8. The Morgan fingerprint density at radius 2 is 2.00 bits per heavy atom. The summed E-state index contributed by atoms with van der Waals surface area (Å²) in [7, 11) is 0. The van der Waals surface area contributed by atoms with Crippen LogP contribution in [0.25, 0.3) is 0 Å². The van der Waals surface area contributed by atoms with Crippen molar-refractivity contribution in [2.24, 2.45) is 5.73 Å². The molecule has 0 atom stereocenters. The highest BCUT2D eigenvalue weighted by Gasteiger charge is 2.08. The molecule has 0 heterocycles. The van der Waals surface area contributed by atoms with Crippen molar-refractivity contribution in [3.8, 4) is 17.6 Å². The number of benzene rings is 2. The molecule has 0 saturated heterocycles. The zero-order valence-corrected chi connectivity index (χ0v) is 10.5. The summed E-state index contributed by atoms with van der Waals surface area (Å²) in [6.45, 7) is 2.17. The van der Waals surface area contributed by atoms with Gasteiger partial charge >= 0.3 is 0 Å². The van der Waals surface area contributed by atoms with E-state index in [-0.39, 0.29) is 5.82 Å². The van der Waals surface area contributed by atoms with Crippen LogP contribution in [0.5, 0.6) is 11.5 Å². The Balaban J connectivity index is 2.38. The van der Waals surface area contributed by atoms with Gasteiger partial charge < -0.3 is 10.5 Å². The summed E-state index contributed by atoms with van der Waals surface area (Å²) >= 11 is 0. The first-order chi connectivity index (χ1) is 9.13. The SMILES string of the molecule is Cc1ccc(F)cc1Oc1ccc(CN)cc1C#N. The van der Waals surface area contributed by atoms with Gasteiger partial charge in [0.15, 0.2) is 0 Å².